The molecule has 2 aromatic rings. The maximum atomic E-state index is 5.97. The lowest BCUT2D eigenvalue weighted by molar-refractivity contribution is 0.0919. The lowest BCUT2D eigenvalue weighted by Crippen LogP contribution is -2.50. The van der Waals surface area contributed by atoms with E-state index in [0.29, 0.717) is 11.9 Å². The average molecular weight is 356 g/mol. The van der Waals surface area contributed by atoms with Gasteiger partial charge < -0.3 is 21.1 Å². The number of thiophene rings is 1. The highest BCUT2D eigenvalue weighted by molar-refractivity contribution is 7.19. The molecule has 0 spiro atoms. The first-order valence-electron chi connectivity index (χ1n) is 7.75. The van der Waals surface area contributed by atoms with E-state index in [1.807, 2.05) is 11.3 Å². The molecule has 126 valence electrons. The van der Waals surface area contributed by atoms with Gasteiger partial charge in [0.2, 0.25) is 5.95 Å². The minimum absolute atomic E-state index is 0. The zero-order valence-electron chi connectivity index (χ0n) is 13.1. The summed E-state index contributed by atoms with van der Waals surface area (Å²) in [6.45, 7) is 2.66. The van der Waals surface area contributed by atoms with Gasteiger partial charge in [0.05, 0.1) is 16.3 Å². The Labute approximate surface area is 145 Å². The average Bonchev–Trinajstić information content (AvgIpc) is 2.84. The molecule has 1 unspecified atom stereocenters. The number of ether oxygens (including phenoxy) is 1. The largest absolute Gasteiger partial charge is 0.381 e. The molecule has 6 nitrogen and oxygen atoms in total. The molecule has 3 heterocycles. The van der Waals surface area contributed by atoms with E-state index in [1.165, 1.54) is 15.1 Å². The van der Waals surface area contributed by atoms with Crippen LogP contribution in [0.2, 0.25) is 0 Å². The second-order valence-electron chi connectivity index (χ2n) is 6.19. The molecule has 1 atom stereocenters. The molecule has 1 aliphatic heterocycles. The Bertz CT molecular complexity index is 715. The van der Waals surface area contributed by atoms with Crippen LogP contribution in [0.3, 0.4) is 0 Å². The monoisotopic (exact) mass is 355 g/mol. The summed E-state index contributed by atoms with van der Waals surface area (Å²) in [6, 6.07) is 0. The van der Waals surface area contributed by atoms with Crippen molar-refractivity contribution >= 4 is 45.7 Å². The van der Waals surface area contributed by atoms with Crippen molar-refractivity contribution in [3.8, 4) is 0 Å². The fraction of sp³-hybridized carbons (Fsp3) is 0.600. The van der Waals surface area contributed by atoms with Crippen LogP contribution in [0.1, 0.15) is 16.9 Å². The maximum absolute atomic E-state index is 5.97. The minimum atomic E-state index is 0. The first-order valence-corrected chi connectivity index (χ1v) is 8.56. The van der Waals surface area contributed by atoms with E-state index in [1.54, 1.807) is 7.11 Å². The van der Waals surface area contributed by atoms with Crippen LogP contribution < -0.4 is 16.4 Å². The number of hydrogen-bond donors (Lipinski definition) is 2. The van der Waals surface area contributed by atoms with Crippen molar-refractivity contribution in [3.05, 3.63) is 10.4 Å². The summed E-state index contributed by atoms with van der Waals surface area (Å²) in [4.78, 5) is 12.7. The molecule has 2 aromatic heterocycles. The van der Waals surface area contributed by atoms with Crippen molar-refractivity contribution < 1.29 is 4.74 Å². The fourth-order valence-corrected chi connectivity index (χ4v) is 4.71. The van der Waals surface area contributed by atoms with Crippen molar-refractivity contribution in [1.29, 1.82) is 0 Å². The fourth-order valence-electron chi connectivity index (χ4n) is 3.41. The highest BCUT2D eigenvalue weighted by Gasteiger charge is 2.31. The molecular weight excluding hydrogens is 334 g/mol. The molecule has 0 bridgehead atoms. The molecule has 8 heteroatoms. The number of aryl methyl sites for hydroxylation is 1. The third-order valence-corrected chi connectivity index (χ3v) is 6.04. The van der Waals surface area contributed by atoms with Gasteiger partial charge in [-0.1, -0.05) is 0 Å². The van der Waals surface area contributed by atoms with Crippen molar-refractivity contribution in [1.82, 2.24) is 9.97 Å². The molecule has 4 rings (SSSR count). The van der Waals surface area contributed by atoms with Gasteiger partial charge in [0.25, 0.3) is 0 Å². The first-order chi connectivity index (χ1) is 10.7. The van der Waals surface area contributed by atoms with Gasteiger partial charge in [-0.25, -0.2) is 4.98 Å². The van der Waals surface area contributed by atoms with E-state index >= 15 is 0 Å². The molecule has 1 saturated heterocycles. The Morgan fingerprint density at radius 1 is 1.35 bits per heavy atom. The number of hydrogen-bond acceptors (Lipinski definition) is 7. The molecule has 1 fully saturated rings. The molecule has 2 aliphatic rings. The molecule has 1 aliphatic carbocycles. The van der Waals surface area contributed by atoms with Gasteiger partial charge in [-0.3, -0.25) is 0 Å². The second kappa shape index (κ2) is 6.39. The molecular formula is C15H22ClN5OS. The topological polar surface area (TPSA) is 90.3 Å². The number of nitrogens with zero attached hydrogens (tertiary/aromatic N) is 3. The molecule has 4 N–H and O–H groups in total. The van der Waals surface area contributed by atoms with Crippen LogP contribution in [-0.2, 0) is 17.6 Å². The van der Waals surface area contributed by atoms with Gasteiger partial charge in [0.1, 0.15) is 0 Å². The normalized spacial score (nSPS) is 21.0. The lowest BCUT2D eigenvalue weighted by atomic mass is 9.95. The van der Waals surface area contributed by atoms with Crippen LogP contribution in [0, 0.1) is 5.92 Å². The number of halogens is 1. The third kappa shape index (κ3) is 2.76. The Kier molecular flexibility index (Phi) is 4.64. The van der Waals surface area contributed by atoms with Crippen LogP contribution in [0.4, 0.5) is 11.8 Å². The molecule has 0 amide bonds. The number of nitrogen functional groups attached to an aromatic ring is 1. The van der Waals surface area contributed by atoms with Gasteiger partial charge in [0.15, 0.2) is 5.82 Å². The zero-order chi connectivity index (χ0) is 15.3. The van der Waals surface area contributed by atoms with Crippen LogP contribution in [0.25, 0.3) is 10.2 Å². The van der Waals surface area contributed by atoms with Gasteiger partial charge in [-0.15, -0.1) is 23.7 Å². The van der Waals surface area contributed by atoms with E-state index in [9.17, 15) is 0 Å². The number of nitrogens with two attached hydrogens (primary N) is 2. The smallest absolute Gasteiger partial charge is 0.222 e. The Balaban J connectivity index is 0.00000156. The first kappa shape index (κ1) is 16.7. The number of rotatable bonds is 3. The van der Waals surface area contributed by atoms with Crippen molar-refractivity contribution in [2.24, 2.45) is 11.7 Å². The summed E-state index contributed by atoms with van der Waals surface area (Å²) in [7, 11) is 1.78. The van der Waals surface area contributed by atoms with Crippen molar-refractivity contribution in [3.63, 3.8) is 0 Å². The van der Waals surface area contributed by atoms with Crippen LogP contribution in [0.15, 0.2) is 0 Å². The predicted molar refractivity (Wildman–Crippen MR) is 96.7 cm³/mol. The van der Waals surface area contributed by atoms with E-state index < -0.39 is 0 Å². The highest BCUT2D eigenvalue weighted by Crippen LogP contribution is 2.41. The Morgan fingerprint density at radius 2 is 2.13 bits per heavy atom. The highest BCUT2D eigenvalue weighted by atomic mass is 35.5. The van der Waals surface area contributed by atoms with Crippen LogP contribution in [0.5, 0.6) is 0 Å². The number of methoxy groups -OCH3 is 1. The SMILES string of the molecule is COC1CCc2sc3c(N4CC(CN)C4)nc(N)nc3c2C1.Cl. The van der Waals surface area contributed by atoms with E-state index in [-0.39, 0.29) is 18.5 Å². The van der Waals surface area contributed by atoms with E-state index in [4.69, 9.17) is 16.2 Å². The van der Waals surface area contributed by atoms with E-state index in [0.717, 1.165) is 50.2 Å². The third-order valence-electron chi connectivity index (χ3n) is 4.76. The minimum Gasteiger partial charge on any atom is -0.381 e. The Hall–Kier alpha value is -1.15. The molecule has 0 aromatic carbocycles. The zero-order valence-corrected chi connectivity index (χ0v) is 14.8. The molecule has 0 radical (unpaired) electrons. The van der Waals surface area contributed by atoms with Gasteiger partial charge in [-0.2, -0.15) is 4.98 Å². The Morgan fingerprint density at radius 3 is 2.83 bits per heavy atom. The summed E-state index contributed by atoms with van der Waals surface area (Å²) in [5, 5.41) is 0. The summed E-state index contributed by atoms with van der Waals surface area (Å²) < 4.78 is 6.71. The second-order valence-corrected chi connectivity index (χ2v) is 7.30. The van der Waals surface area contributed by atoms with Gasteiger partial charge in [-0.05, 0) is 24.9 Å². The molecule has 23 heavy (non-hydrogen) atoms. The number of anilines is 2. The van der Waals surface area contributed by atoms with Gasteiger partial charge in [0, 0.05) is 37.4 Å². The summed E-state index contributed by atoms with van der Waals surface area (Å²) in [5.74, 6) is 1.91. The summed E-state index contributed by atoms with van der Waals surface area (Å²) in [6.07, 6.45) is 3.34. The summed E-state index contributed by atoms with van der Waals surface area (Å²) in [5.41, 5.74) is 14.0. The molecule has 0 saturated carbocycles. The van der Waals surface area contributed by atoms with Crippen LogP contribution in [-0.4, -0.2) is 42.8 Å². The lowest BCUT2D eigenvalue weighted by Gasteiger charge is -2.39. The van der Waals surface area contributed by atoms with Crippen molar-refractivity contribution in [2.75, 3.05) is 37.4 Å². The van der Waals surface area contributed by atoms with Crippen LogP contribution >= 0.6 is 23.7 Å². The van der Waals surface area contributed by atoms with E-state index in [2.05, 4.69) is 14.9 Å². The quantitative estimate of drug-likeness (QED) is 0.869. The van der Waals surface area contributed by atoms with Gasteiger partial charge >= 0.3 is 0 Å². The maximum Gasteiger partial charge on any atom is 0.222 e. The number of fused-ring (bicyclic) bond motifs is 3. The predicted octanol–water partition coefficient (Wildman–Crippen LogP) is 1.59. The van der Waals surface area contributed by atoms with Crippen molar-refractivity contribution in [2.45, 2.75) is 25.4 Å². The summed E-state index contributed by atoms with van der Waals surface area (Å²) >= 11 is 1.82. The standard InChI is InChI=1S/C15H21N5OS.ClH/c1-21-9-2-3-11-10(4-9)12-13(22-11)14(19-15(17)18-12)20-6-8(5-16)7-20;/h8-9H,2-7,16H2,1H3,(H2,17,18,19);1H. The number of aromatic nitrogens is 2.